The molecule has 0 atom stereocenters. The van der Waals surface area contributed by atoms with Crippen molar-refractivity contribution < 1.29 is 0 Å². The van der Waals surface area contributed by atoms with E-state index in [1.54, 1.807) is 6.07 Å². The van der Waals surface area contributed by atoms with Crippen LogP contribution in [0.1, 0.15) is 11.4 Å². The van der Waals surface area contributed by atoms with Gasteiger partial charge in [0.25, 0.3) is 0 Å². The van der Waals surface area contributed by atoms with E-state index in [1.165, 1.54) is 29.6 Å². The molecule has 0 aliphatic carbocycles. The van der Waals surface area contributed by atoms with E-state index in [9.17, 15) is 0 Å². The topological polar surface area (TPSA) is 75.3 Å². The Morgan fingerprint density at radius 3 is 3.00 bits per heavy atom. The summed E-state index contributed by atoms with van der Waals surface area (Å²) in [6.45, 7) is 1.83. The van der Waals surface area contributed by atoms with Gasteiger partial charge in [0.15, 0.2) is 9.50 Å². The van der Waals surface area contributed by atoms with Crippen molar-refractivity contribution in [2.24, 2.45) is 0 Å². The largest absolute Gasteiger partial charge is 0.227 e. The van der Waals surface area contributed by atoms with Crippen molar-refractivity contribution in [3.8, 4) is 6.07 Å². The maximum absolute atomic E-state index is 8.74. The number of rotatable bonds is 2. The SMILES string of the molecule is Cc1cc(C#N)nc(Sc2ncns2)n1. The normalized spacial score (nSPS) is 9.87. The molecule has 15 heavy (non-hydrogen) atoms. The molecule has 0 aliphatic rings. The Kier molecular flexibility index (Phi) is 2.89. The molecule has 2 aromatic heterocycles. The van der Waals surface area contributed by atoms with Gasteiger partial charge in [-0.05, 0) is 36.3 Å². The van der Waals surface area contributed by atoms with Crippen LogP contribution in [0.25, 0.3) is 0 Å². The first-order chi connectivity index (χ1) is 7.28. The molecule has 0 amide bonds. The third-order valence-electron chi connectivity index (χ3n) is 1.47. The third-order valence-corrected chi connectivity index (χ3v) is 3.05. The number of hydrogen-bond acceptors (Lipinski definition) is 7. The fourth-order valence-electron chi connectivity index (χ4n) is 0.930. The predicted molar refractivity (Wildman–Crippen MR) is 55.5 cm³/mol. The van der Waals surface area contributed by atoms with Crippen molar-refractivity contribution in [2.45, 2.75) is 16.4 Å². The van der Waals surface area contributed by atoms with Crippen LogP contribution in [0, 0.1) is 18.3 Å². The first kappa shape index (κ1) is 10.0. The van der Waals surface area contributed by atoms with Gasteiger partial charge in [-0.15, -0.1) is 0 Å². The number of nitrogens with zero attached hydrogens (tertiary/aromatic N) is 5. The van der Waals surface area contributed by atoms with Crippen molar-refractivity contribution in [3.05, 3.63) is 23.8 Å². The molecule has 2 heterocycles. The van der Waals surface area contributed by atoms with Crippen molar-refractivity contribution >= 4 is 23.3 Å². The van der Waals surface area contributed by atoms with E-state index < -0.39 is 0 Å². The Labute approximate surface area is 94.4 Å². The molecule has 2 aromatic rings. The molecule has 0 radical (unpaired) electrons. The van der Waals surface area contributed by atoms with Crippen LogP contribution in [-0.2, 0) is 0 Å². The second kappa shape index (κ2) is 4.33. The third kappa shape index (κ3) is 2.49. The Balaban J connectivity index is 2.29. The second-order valence-electron chi connectivity index (χ2n) is 2.60. The maximum atomic E-state index is 8.74. The highest BCUT2D eigenvalue weighted by atomic mass is 32.2. The fraction of sp³-hybridized carbons (Fsp3) is 0.125. The van der Waals surface area contributed by atoms with E-state index in [1.807, 2.05) is 13.0 Å². The number of nitriles is 1. The molecule has 0 fully saturated rings. The van der Waals surface area contributed by atoms with Crippen LogP contribution in [0.5, 0.6) is 0 Å². The van der Waals surface area contributed by atoms with Crippen LogP contribution in [-0.4, -0.2) is 19.3 Å². The van der Waals surface area contributed by atoms with Crippen LogP contribution in [0.4, 0.5) is 0 Å². The molecule has 7 heteroatoms. The number of hydrogen-bond donors (Lipinski definition) is 0. The lowest BCUT2D eigenvalue weighted by Gasteiger charge is -1.97. The molecule has 0 N–H and O–H groups in total. The first-order valence-electron chi connectivity index (χ1n) is 3.98. The maximum Gasteiger partial charge on any atom is 0.196 e. The predicted octanol–water partition coefficient (Wildman–Crippen LogP) is 1.66. The van der Waals surface area contributed by atoms with E-state index in [0.717, 1.165) is 10.0 Å². The van der Waals surface area contributed by atoms with E-state index in [4.69, 9.17) is 5.26 Å². The van der Waals surface area contributed by atoms with E-state index in [2.05, 4.69) is 19.3 Å². The van der Waals surface area contributed by atoms with Gasteiger partial charge in [-0.25, -0.2) is 15.0 Å². The van der Waals surface area contributed by atoms with Crippen LogP contribution >= 0.6 is 23.3 Å². The molecule has 5 nitrogen and oxygen atoms in total. The highest BCUT2D eigenvalue weighted by Crippen LogP contribution is 2.25. The Morgan fingerprint density at radius 2 is 2.33 bits per heavy atom. The van der Waals surface area contributed by atoms with Gasteiger partial charge in [0.1, 0.15) is 18.1 Å². The first-order valence-corrected chi connectivity index (χ1v) is 5.57. The lowest BCUT2D eigenvalue weighted by Crippen LogP contribution is -1.92. The van der Waals surface area contributed by atoms with Crippen molar-refractivity contribution in [1.29, 1.82) is 5.26 Å². The zero-order valence-corrected chi connectivity index (χ0v) is 9.34. The zero-order chi connectivity index (χ0) is 10.7. The van der Waals surface area contributed by atoms with Crippen LogP contribution < -0.4 is 0 Å². The lowest BCUT2D eigenvalue weighted by atomic mass is 10.4. The highest BCUT2D eigenvalue weighted by Gasteiger charge is 2.06. The zero-order valence-electron chi connectivity index (χ0n) is 7.71. The summed E-state index contributed by atoms with van der Waals surface area (Å²) in [7, 11) is 0. The fourth-order valence-corrected chi connectivity index (χ4v) is 2.30. The minimum absolute atomic E-state index is 0.370. The molecule has 2 rings (SSSR count). The van der Waals surface area contributed by atoms with Gasteiger partial charge in [-0.1, -0.05) is 0 Å². The van der Waals surface area contributed by atoms with E-state index in [0.29, 0.717) is 10.9 Å². The molecule has 0 aliphatic heterocycles. The second-order valence-corrected chi connectivity index (χ2v) is 4.59. The molecule has 0 bridgehead atoms. The summed E-state index contributed by atoms with van der Waals surface area (Å²) in [6, 6.07) is 3.63. The summed E-state index contributed by atoms with van der Waals surface area (Å²) in [5.74, 6) is 0. The molecule has 0 aromatic carbocycles. The Hall–Kier alpha value is -1.52. The lowest BCUT2D eigenvalue weighted by molar-refractivity contribution is 0.918. The molecule has 0 saturated heterocycles. The molecule has 0 saturated carbocycles. The van der Waals surface area contributed by atoms with Crippen LogP contribution in [0.15, 0.2) is 21.9 Å². The van der Waals surface area contributed by atoms with Gasteiger partial charge in [-0.2, -0.15) is 9.64 Å². The summed E-state index contributed by atoms with van der Waals surface area (Å²) in [6.07, 6.45) is 1.48. The van der Waals surface area contributed by atoms with Crippen molar-refractivity contribution in [2.75, 3.05) is 0 Å². The molecule has 74 valence electrons. The Morgan fingerprint density at radius 1 is 1.47 bits per heavy atom. The van der Waals surface area contributed by atoms with Crippen molar-refractivity contribution in [1.82, 2.24) is 19.3 Å². The van der Waals surface area contributed by atoms with Crippen LogP contribution in [0.3, 0.4) is 0 Å². The molecule has 0 spiro atoms. The minimum atomic E-state index is 0.370. The van der Waals surface area contributed by atoms with Gasteiger partial charge in [0.2, 0.25) is 0 Å². The summed E-state index contributed by atoms with van der Waals surface area (Å²) < 4.78 is 4.64. The summed E-state index contributed by atoms with van der Waals surface area (Å²) in [5.41, 5.74) is 1.14. The summed E-state index contributed by atoms with van der Waals surface area (Å²) in [5, 5.41) is 9.27. The molecular formula is C8H5N5S2. The van der Waals surface area contributed by atoms with Gasteiger partial charge in [-0.3, -0.25) is 0 Å². The Bertz CT molecular complexity index is 502. The van der Waals surface area contributed by atoms with Gasteiger partial charge in [0.05, 0.1) is 0 Å². The van der Waals surface area contributed by atoms with Crippen LogP contribution in [0.2, 0.25) is 0 Å². The smallest absolute Gasteiger partial charge is 0.196 e. The van der Waals surface area contributed by atoms with Gasteiger partial charge in [0, 0.05) is 5.69 Å². The summed E-state index contributed by atoms with van der Waals surface area (Å²) >= 11 is 2.59. The van der Waals surface area contributed by atoms with Gasteiger partial charge < -0.3 is 0 Å². The monoisotopic (exact) mass is 235 g/mol. The minimum Gasteiger partial charge on any atom is -0.227 e. The van der Waals surface area contributed by atoms with E-state index in [-0.39, 0.29) is 0 Å². The number of aryl methyl sites for hydroxylation is 1. The quantitative estimate of drug-likeness (QED) is 0.737. The van der Waals surface area contributed by atoms with E-state index >= 15 is 0 Å². The standard InChI is InChI=1S/C8H5N5S2/c1-5-2-6(3-9)13-7(12-5)14-8-10-4-11-15-8/h2,4H,1H3. The average Bonchev–Trinajstić information content (AvgIpc) is 2.69. The molecular weight excluding hydrogens is 230 g/mol. The highest BCUT2D eigenvalue weighted by molar-refractivity contribution is 8.00. The summed E-state index contributed by atoms with van der Waals surface area (Å²) in [4.78, 5) is 12.3. The average molecular weight is 235 g/mol. The van der Waals surface area contributed by atoms with Gasteiger partial charge >= 0.3 is 0 Å². The van der Waals surface area contributed by atoms with Crippen molar-refractivity contribution in [3.63, 3.8) is 0 Å². The molecule has 0 unspecified atom stereocenters. The number of aromatic nitrogens is 4.